The van der Waals surface area contributed by atoms with E-state index in [-0.39, 0.29) is 18.6 Å². The summed E-state index contributed by atoms with van der Waals surface area (Å²) in [6.45, 7) is 9.42. The molecule has 1 aliphatic rings. The summed E-state index contributed by atoms with van der Waals surface area (Å²) in [5.74, 6) is -0.0683. The fourth-order valence-electron chi connectivity index (χ4n) is 2.19. The molecule has 0 bridgehead atoms. The maximum absolute atomic E-state index is 11.8. The van der Waals surface area contributed by atoms with Gasteiger partial charge in [0, 0.05) is 6.04 Å². The Morgan fingerprint density at radius 2 is 2.09 bits per heavy atom. The lowest BCUT2D eigenvalue weighted by Crippen LogP contribution is -2.43. The SMILES string of the molecule is CC[C@@H](C1=N[C@H](C(=O)OC)CO1)[C@@H](C)NC(=O)OC(C)(C)C. The van der Waals surface area contributed by atoms with Gasteiger partial charge in [0.15, 0.2) is 11.9 Å². The fraction of sp³-hybridized carbons (Fsp3) is 0.800. The van der Waals surface area contributed by atoms with Gasteiger partial charge in [0.05, 0.1) is 13.0 Å². The number of rotatable bonds is 5. The first kappa shape index (κ1) is 18.3. The summed E-state index contributed by atoms with van der Waals surface area (Å²) >= 11 is 0. The van der Waals surface area contributed by atoms with Crippen molar-refractivity contribution in [2.75, 3.05) is 13.7 Å². The zero-order chi connectivity index (χ0) is 16.9. The molecule has 1 aliphatic heterocycles. The van der Waals surface area contributed by atoms with E-state index in [0.717, 1.165) is 0 Å². The second-order valence-electron chi connectivity index (χ2n) is 6.27. The predicted octanol–water partition coefficient (Wildman–Crippen LogP) is 1.90. The molecular formula is C15H26N2O5. The highest BCUT2D eigenvalue weighted by Crippen LogP contribution is 2.19. The molecule has 0 aromatic rings. The number of nitrogens with one attached hydrogen (secondary N) is 1. The van der Waals surface area contributed by atoms with Crippen LogP contribution in [-0.2, 0) is 19.0 Å². The monoisotopic (exact) mass is 314 g/mol. The van der Waals surface area contributed by atoms with Crippen molar-refractivity contribution in [1.82, 2.24) is 5.32 Å². The number of hydrogen-bond donors (Lipinski definition) is 1. The normalized spacial score (nSPS) is 20.5. The molecule has 7 nitrogen and oxygen atoms in total. The van der Waals surface area contributed by atoms with Gasteiger partial charge in [0.1, 0.15) is 12.2 Å². The van der Waals surface area contributed by atoms with Crippen LogP contribution in [0.1, 0.15) is 41.0 Å². The molecule has 1 rings (SSSR count). The van der Waals surface area contributed by atoms with Gasteiger partial charge < -0.3 is 19.5 Å². The molecule has 0 saturated heterocycles. The summed E-state index contributed by atoms with van der Waals surface area (Å²) in [4.78, 5) is 27.6. The van der Waals surface area contributed by atoms with Crippen LogP contribution in [0.25, 0.3) is 0 Å². The summed E-state index contributed by atoms with van der Waals surface area (Å²) < 4.78 is 15.4. The van der Waals surface area contributed by atoms with Crippen LogP contribution in [0.3, 0.4) is 0 Å². The van der Waals surface area contributed by atoms with Crippen LogP contribution in [0.5, 0.6) is 0 Å². The van der Waals surface area contributed by atoms with Gasteiger partial charge in [0.25, 0.3) is 0 Å². The molecular weight excluding hydrogens is 288 g/mol. The number of nitrogens with zero attached hydrogens (tertiary/aromatic N) is 1. The number of carbonyl (C=O) groups is 2. The number of esters is 1. The molecule has 0 aromatic heterocycles. The van der Waals surface area contributed by atoms with Crippen LogP contribution in [0.2, 0.25) is 0 Å². The third kappa shape index (κ3) is 5.20. The Morgan fingerprint density at radius 1 is 1.45 bits per heavy atom. The molecule has 0 fully saturated rings. The number of aliphatic imine (C=N–C) groups is 1. The quantitative estimate of drug-likeness (QED) is 0.783. The van der Waals surface area contributed by atoms with Gasteiger partial charge in [-0.05, 0) is 34.1 Å². The summed E-state index contributed by atoms with van der Waals surface area (Å²) in [5.41, 5.74) is -0.553. The molecule has 0 unspecified atom stereocenters. The van der Waals surface area contributed by atoms with Crippen LogP contribution >= 0.6 is 0 Å². The number of hydrogen-bond acceptors (Lipinski definition) is 6. The lowest BCUT2D eigenvalue weighted by Gasteiger charge is -2.25. The summed E-state index contributed by atoms with van der Waals surface area (Å²) in [7, 11) is 1.32. The third-order valence-corrected chi connectivity index (χ3v) is 3.25. The minimum Gasteiger partial charge on any atom is -0.478 e. The maximum Gasteiger partial charge on any atom is 0.407 e. The van der Waals surface area contributed by atoms with Crippen molar-refractivity contribution < 1.29 is 23.8 Å². The summed E-state index contributed by atoms with van der Waals surface area (Å²) in [6.07, 6.45) is 0.227. The van der Waals surface area contributed by atoms with Gasteiger partial charge in [-0.25, -0.2) is 14.6 Å². The largest absolute Gasteiger partial charge is 0.478 e. The Balaban J connectivity index is 2.67. The van der Waals surface area contributed by atoms with E-state index in [1.807, 2.05) is 13.8 Å². The molecule has 0 radical (unpaired) electrons. The maximum atomic E-state index is 11.8. The van der Waals surface area contributed by atoms with Crippen molar-refractivity contribution >= 4 is 18.0 Å². The molecule has 126 valence electrons. The Kier molecular flexibility index (Phi) is 6.20. The fourth-order valence-corrected chi connectivity index (χ4v) is 2.19. The van der Waals surface area contributed by atoms with E-state index in [1.54, 1.807) is 20.8 Å². The second-order valence-corrected chi connectivity index (χ2v) is 6.27. The minimum absolute atomic E-state index is 0.123. The van der Waals surface area contributed by atoms with Crippen molar-refractivity contribution in [2.24, 2.45) is 10.9 Å². The highest BCUT2D eigenvalue weighted by atomic mass is 16.6. The van der Waals surface area contributed by atoms with Crippen molar-refractivity contribution in [3.63, 3.8) is 0 Å². The van der Waals surface area contributed by atoms with E-state index in [4.69, 9.17) is 9.47 Å². The first-order valence-corrected chi connectivity index (χ1v) is 7.45. The topological polar surface area (TPSA) is 86.2 Å². The number of amides is 1. The molecule has 7 heteroatoms. The number of carbonyl (C=O) groups excluding carboxylic acids is 2. The molecule has 1 N–H and O–H groups in total. The number of ether oxygens (including phenoxy) is 3. The lowest BCUT2D eigenvalue weighted by molar-refractivity contribution is -0.142. The van der Waals surface area contributed by atoms with Crippen molar-refractivity contribution in [3.05, 3.63) is 0 Å². The Bertz CT molecular complexity index is 442. The standard InChI is InChI=1S/C15H26N2O5/c1-7-10(9(2)16-14(19)22-15(3,4)5)12-17-11(8-21-12)13(18)20-6/h9-11H,7-8H2,1-6H3,(H,16,19)/t9-,10-,11+/m1/s1. The van der Waals surface area contributed by atoms with Crippen molar-refractivity contribution in [1.29, 1.82) is 0 Å². The third-order valence-electron chi connectivity index (χ3n) is 3.25. The number of alkyl carbamates (subject to hydrolysis) is 1. The van der Waals surface area contributed by atoms with Crippen LogP contribution in [0.4, 0.5) is 4.79 Å². The van der Waals surface area contributed by atoms with E-state index in [9.17, 15) is 9.59 Å². The van der Waals surface area contributed by atoms with Crippen LogP contribution < -0.4 is 5.32 Å². The predicted molar refractivity (Wildman–Crippen MR) is 81.8 cm³/mol. The molecule has 0 saturated carbocycles. The van der Waals surface area contributed by atoms with Gasteiger partial charge in [-0.3, -0.25) is 0 Å². The minimum atomic E-state index is -0.622. The van der Waals surface area contributed by atoms with Crippen LogP contribution in [0.15, 0.2) is 4.99 Å². The first-order valence-electron chi connectivity index (χ1n) is 7.45. The highest BCUT2D eigenvalue weighted by Gasteiger charge is 2.33. The molecule has 0 aromatic carbocycles. The lowest BCUT2D eigenvalue weighted by atomic mass is 9.98. The zero-order valence-electron chi connectivity index (χ0n) is 14.1. The summed E-state index contributed by atoms with van der Waals surface area (Å²) in [5, 5.41) is 2.78. The van der Waals surface area contributed by atoms with Gasteiger partial charge in [-0.2, -0.15) is 0 Å². The Labute approximate surface area is 131 Å². The average molecular weight is 314 g/mol. The van der Waals surface area contributed by atoms with E-state index >= 15 is 0 Å². The molecule has 1 amide bonds. The van der Waals surface area contributed by atoms with Crippen LogP contribution in [-0.4, -0.2) is 49.4 Å². The molecule has 22 heavy (non-hydrogen) atoms. The highest BCUT2D eigenvalue weighted by molar-refractivity contribution is 5.87. The van der Waals surface area contributed by atoms with Gasteiger partial charge in [-0.15, -0.1) is 0 Å². The smallest absolute Gasteiger partial charge is 0.407 e. The van der Waals surface area contributed by atoms with Crippen molar-refractivity contribution in [3.8, 4) is 0 Å². The Morgan fingerprint density at radius 3 is 2.59 bits per heavy atom. The van der Waals surface area contributed by atoms with Gasteiger partial charge >= 0.3 is 12.1 Å². The summed E-state index contributed by atoms with van der Waals surface area (Å²) in [6, 6.07) is -0.849. The van der Waals surface area contributed by atoms with E-state index < -0.39 is 23.7 Å². The van der Waals surface area contributed by atoms with E-state index in [1.165, 1.54) is 7.11 Å². The second kappa shape index (κ2) is 7.47. The van der Waals surface area contributed by atoms with Gasteiger partial charge in [-0.1, -0.05) is 6.92 Å². The molecule has 3 atom stereocenters. The molecule has 0 spiro atoms. The van der Waals surface area contributed by atoms with Gasteiger partial charge in [0.2, 0.25) is 0 Å². The number of methoxy groups -OCH3 is 1. The Hall–Kier alpha value is -1.79. The molecule has 1 heterocycles. The van der Waals surface area contributed by atoms with E-state index in [2.05, 4.69) is 15.0 Å². The van der Waals surface area contributed by atoms with Crippen LogP contribution in [0, 0.1) is 5.92 Å². The molecule has 0 aliphatic carbocycles. The van der Waals surface area contributed by atoms with E-state index in [0.29, 0.717) is 12.3 Å². The van der Waals surface area contributed by atoms with Crippen molar-refractivity contribution in [2.45, 2.75) is 58.7 Å². The average Bonchev–Trinajstić information content (AvgIpc) is 2.85. The zero-order valence-corrected chi connectivity index (χ0v) is 14.1. The first-order chi connectivity index (χ1) is 10.2.